The fourth-order valence-electron chi connectivity index (χ4n) is 2.93. The van der Waals surface area contributed by atoms with Crippen LogP contribution in [0.4, 0.5) is 0 Å². The van der Waals surface area contributed by atoms with E-state index in [1.807, 2.05) is 59.3 Å². The van der Waals surface area contributed by atoms with Crippen LogP contribution in [-0.4, -0.2) is 22.1 Å². The van der Waals surface area contributed by atoms with E-state index in [1.165, 1.54) is 0 Å². The molecule has 0 spiro atoms. The lowest BCUT2D eigenvalue weighted by Gasteiger charge is -2.08. The summed E-state index contributed by atoms with van der Waals surface area (Å²) in [6.07, 6.45) is 0. The molecule has 0 atom stereocenters. The number of benzene rings is 1. The minimum Gasteiger partial charge on any atom is -0.461 e. The van der Waals surface area contributed by atoms with Gasteiger partial charge in [-0.05, 0) is 43.5 Å². The molecule has 0 N–H and O–H groups in total. The first-order chi connectivity index (χ1) is 12.7. The van der Waals surface area contributed by atoms with Crippen molar-refractivity contribution in [3.63, 3.8) is 0 Å². The van der Waals surface area contributed by atoms with E-state index in [1.54, 1.807) is 18.3 Å². The summed E-state index contributed by atoms with van der Waals surface area (Å²) in [6.45, 7) is 4.51. The van der Waals surface area contributed by atoms with Crippen molar-refractivity contribution in [3.8, 4) is 11.5 Å². The maximum Gasteiger partial charge on any atom is 0.355 e. The quantitative estimate of drug-likeness (QED) is 0.472. The second-order valence-corrected chi connectivity index (χ2v) is 6.80. The van der Waals surface area contributed by atoms with Crippen LogP contribution in [0.2, 0.25) is 0 Å². The van der Waals surface area contributed by atoms with E-state index in [-0.39, 0.29) is 5.97 Å². The SMILES string of the molecule is CCOC(=O)c1cc2ccsc2n1Cc1nc(-c2ccccc2)oc1C. The van der Waals surface area contributed by atoms with Crippen LogP contribution in [0.15, 0.2) is 52.3 Å². The number of carbonyl (C=O) groups is 1. The maximum atomic E-state index is 12.4. The Morgan fingerprint density at radius 2 is 2.08 bits per heavy atom. The monoisotopic (exact) mass is 366 g/mol. The number of aryl methyl sites for hydroxylation is 1. The van der Waals surface area contributed by atoms with Crippen LogP contribution >= 0.6 is 11.3 Å². The van der Waals surface area contributed by atoms with Gasteiger partial charge in [0.2, 0.25) is 5.89 Å². The highest BCUT2D eigenvalue weighted by Crippen LogP contribution is 2.28. The standard InChI is InChI=1S/C20H18N2O3S/c1-3-24-20(23)17-11-15-9-10-26-19(15)22(17)12-16-13(2)25-18(21-16)14-7-5-4-6-8-14/h4-11H,3,12H2,1-2H3. The summed E-state index contributed by atoms with van der Waals surface area (Å²) in [5.41, 5.74) is 2.28. The van der Waals surface area contributed by atoms with Crippen LogP contribution in [-0.2, 0) is 11.3 Å². The van der Waals surface area contributed by atoms with Crippen LogP contribution in [0.25, 0.3) is 21.7 Å². The predicted molar refractivity (Wildman–Crippen MR) is 102 cm³/mol. The van der Waals surface area contributed by atoms with Gasteiger partial charge in [0.05, 0.1) is 13.2 Å². The van der Waals surface area contributed by atoms with Crippen molar-refractivity contribution < 1.29 is 13.9 Å². The summed E-state index contributed by atoms with van der Waals surface area (Å²) >= 11 is 1.60. The van der Waals surface area contributed by atoms with Crippen molar-refractivity contribution >= 4 is 27.5 Å². The molecule has 0 fully saturated rings. The van der Waals surface area contributed by atoms with Gasteiger partial charge in [-0.1, -0.05) is 18.2 Å². The van der Waals surface area contributed by atoms with E-state index in [4.69, 9.17) is 9.15 Å². The molecule has 0 saturated carbocycles. The summed E-state index contributed by atoms with van der Waals surface area (Å²) in [5, 5.41) is 3.05. The summed E-state index contributed by atoms with van der Waals surface area (Å²) in [6, 6.07) is 13.7. The molecule has 0 aliphatic rings. The number of nitrogens with zero attached hydrogens (tertiary/aromatic N) is 2. The minimum atomic E-state index is -0.319. The second kappa shape index (κ2) is 6.80. The van der Waals surface area contributed by atoms with E-state index in [9.17, 15) is 4.79 Å². The second-order valence-electron chi connectivity index (χ2n) is 5.91. The Balaban J connectivity index is 1.73. The summed E-state index contributed by atoms with van der Waals surface area (Å²) < 4.78 is 13.0. The number of aromatic nitrogens is 2. The Labute approximate surface area is 154 Å². The van der Waals surface area contributed by atoms with E-state index in [0.29, 0.717) is 24.7 Å². The lowest BCUT2D eigenvalue weighted by Crippen LogP contribution is -2.13. The first-order valence-electron chi connectivity index (χ1n) is 8.43. The molecule has 26 heavy (non-hydrogen) atoms. The molecule has 4 rings (SSSR count). The van der Waals surface area contributed by atoms with Crippen molar-refractivity contribution in [2.24, 2.45) is 0 Å². The highest BCUT2D eigenvalue weighted by molar-refractivity contribution is 7.16. The number of rotatable bonds is 5. The molecule has 1 aromatic carbocycles. The van der Waals surface area contributed by atoms with Crippen LogP contribution in [0.5, 0.6) is 0 Å². The molecule has 3 heterocycles. The van der Waals surface area contributed by atoms with Gasteiger partial charge in [0, 0.05) is 10.9 Å². The zero-order chi connectivity index (χ0) is 18.1. The van der Waals surface area contributed by atoms with Gasteiger partial charge < -0.3 is 13.7 Å². The third-order valence-corrected chi connectivity index (χ3v) is 5.16. The number of ether oxygens (including phenoxy) is 1. The molecule has 5 nitrogen and oxygen atoms in total. The molecule has 0 bridgehead atoms. The minimum absolute atomic E-state index is 0.319. The Morgan fingerprint density at radius 3 is 2.85 bits per heavy atom. The number of thiophene rings is 1. The number of hydrogen-bond acceptors (Lipinski definition) is 5. The molecule has 6 heteroatoms. The lowest BCUT2D eigenvalue weighted by atomic mass is 10.2. The molecule has 0 aliphatic heterocycles. The van der Waals surface area contributed by atoms with Crippen LogP contribution < -0.4 is 0 Å². The summed E-state index contributed by atoms with van der Waals surface area (Å²) in [5.74, 6) is 1.02. The Bertz CT molecular complexity index is 1060. The molecule has 0 saturated heterocycles. The number of carbonyl (C=O) groups excluding carboxylic acids is 1. The normalized spacial score (nSPS) is 11.2. The zero-order valence-electron chi connectivity index (χ0n) is 14.6. The van der Waals surface area contributed by atoms with Gasteiger partial charge in [-0.3, -0.25) is 0 Å². The van der Waals surface area contributed by atoms with Crippen molar-refractivity contribution in [3.05, 3.63) is 65.0 Å². The van der Waals surface area contributed by atoms with Gasteiger partial charge in [-0.15, -0.1) is 11.3 Å². The van der Waals surface area contributed by atoms with Crippen LogP contribution in [0.1, 0.15) is 28.9 Å². The number of oxazole rings is 1. The molecule has 0 aliphatic carbocycles. The molecule has 0 radical (unpaired) electrons. The van der Waals surface area contributed by atoms with Gasteiger partial charge in [0.15, 0.2) is 0 Å². The Kier molecular flexibility index (Phi) is 4.34. The highest BCUT2D eigenvalue weighted by Gasteiger charge is 2.20. The molecular weight excluding hydrogens is 348 g/mol. The van der Waals surface area contributed by atoms with Crippen LogP contribution in [0.3, 0.4) is 0 Å². The third kappa shape index (κ3) is 2.93. The van der Waals surface area contributed by atoms with Gasteiger partial charge >= 0.3 is 5.97 Å². The predicted octanol–water partition coefficient (Wildman–Crippen LogP) is 4.89. The largest absolute Gasteiger partial charge is 0.461 e. The molecule has 132 valence electrons. The number of hydrogen-bond donors (Lipinski definition) is 0. The Hall–Kier alpha value is -2.86. The smallest absolute Gasteiger partial charge is 0.355 e. The fraction of sp³-hybridized carbons (Fsp3) is 0.200. The number of esters is 1. The van der Waals surface area contributed by atoms with Gasteiger partial charge in [-0.2, -0.15) is 0 Å². The molecule has 0 unspecified atom stereocenters. The fourth-order valence-corrected chi connectivity index (χ4v) is 3.83. The molecule has 0 amide bonds. The number of fused-ring (bicyclic) bond motifs is 1. The first kappa shape index (κ1) is 16.6. The van der Waals surface area contributed by atoms with Gasteiger partial charge in [-0.25, -0.2) is 9.78 Å². The van der Waals surface area contributed by atoms with Crippen molar-refractivity contribution in [1.82, 2.24) is 9.55 Å². The Morgan fingerprint density at radius 1 is 1.27 bits per heavy atom. The van der Waals surface area contributed by atoms with E-state index < -0.39 is 0 Å². The van der Waals surface area contributed by atoms with Crippen molar-refractivity contribution in [2.75, 3.05) is 6.61 Å². The lowest BCUT2D eigenvalue weighted by molar-refractivity contribution is 0.0515. The average Bonchev–Trinajstić information content (AvgIpc) is 3.33. The van der Waals surface area contributed by atoms with E-state index >= 15 is 0 Å². The first-order valence-corrected chi connectivity index (χ1v) is 9.31. The van der Waals surface area contributed by atoms with Gasteiger partial charge in [0.25, 0.3) is 0 Å². The summed E-state index contributed by atoms with van der Waals surface area (Å²) in [4.78, 5) is 18.0. The van der Waals surface area contributed by atoms with E-state index in [2.05, 4.69) is 4.98 Å². The summed E-state index contributed by atoms with van der Waals surface area (Å²) in [7, 11) is 0. The van der Waals surface area contributed by atoms with Gasteiger partial charge in [0.1, 0.15) is 22.0 Å². The van der Waals surface area contributed by atoms with Crippen molar-refractivity contribution in [1.29, 1.82) is 0 Å². The zero-order valence-corrected chi connectivity index (χ0v) is 15.4. The average molecular weight is 366 g/mol. The highest BCUT2D eigenvalue weighted by atomic mass is 32.1. The van der Waals surface area contributed by atoms with E-state index in [0.717, 1.165) is 27.2 Å². The van der Waals surface area contributed by atoms with Crippen molar-refractivity contribution in [2.45, 2.75) is 20.4 Å². The van der Waals surface area contributed by atoms with Crippen LogP contribution in [0, 0.1) is 6.92 Å². The topological polar surface area (TPSA) is 57.3 Å². The maximum absolute atomic E-state index is 12.4. The third-order valence-electron chi connectivity index (χ3n) is 4.21. The molecule has 3 aromatic heterocycles. The molecule has 4 aromatic rings. The molecular formula is C20H18N2O3S.